The maximum atomic E-state index is 12.1. The molecule has 1 aromatic carbocycles. The Morgan fingerprint density at radius 3 is 2.73 bits per heavy atom. The van der Waals surface area contributed by atoms with Crippen LogP contribution in [-0.4, -0.2) is 72.3 Å². The summed E-state index contributed by atoms with van der Waals surface area (Å²) in [6.07, 6.45) is 2.01. The van der Waals surface area contributed by atoms with Gasteiger partial charge in [0.2, 0.25) is 0 Å². The van der Waals surface area contributed by atoms with E-state index in [-0.39, 0.29) is 12.3 Å². The highest BCUT2D eigenvalue weighted by molar-refractivity contribution is 8.03. The van der Waals surface area contributed by atoms with Crippen molar-refractivity contribution in [2.45, 2.75) is 32.7 Å². The van der Waals surface area contributed by atoms with Crippen molar-refractivity contribution in [3.8, 4) is 0 Å². The van der Waals surface area contributed by atoms with Gasteiger partial charge in [-0.3, -0.25) is 4.90 Å². The molecular formula is C22H29ClN2O4S. The Hall–Kier alpha value is -1.51. The summed E-state index contributed by atoms with van der Waals surface area (Å²) in [5.74, 6) is -0.1000. The molecular weight excluding hydrogens is 424 g/mol. The third-order valence-electron chi connectivity index (χ3n) is 5.25. The normalized spacial score (nSPS) is 22.9. The molecule has 3 rings (SSSR count). The monoisotopic (exact) mass is 452 g/mol. The first-order valence-electron chi connectivity index (χ1n) is 10.1. The lowest BCUT2D eigenvalue weighted by Crippen LogP contribution is -2.55. The van der Waals surface area contributed by atoms with E-state index in [1.807, 2.05) is 38.1 Å². The first-order valence-corrected chi connectivity index (χ1v) is 11.5. The second kappa shape index (κ2) is 10.7. The maximum Gasteiger partial charge on any atom is 0.338 e. The summed E-state index contributed by atoms with van der Waals surface area (Å²) in [6, 6.07) is 7.72. The summed E-state index contributed by atoms with van der Waals surface area (Å²) >= 11 is 7.64. The van der Waals surface area contributed by atoms with Gasteiger partial charge in [0, 0.05) is 31.8 Å². The highest BCUT2D eigenvalue weighted by atomic mass is 35.5. The van der Waals surface area contributed by atoms with E-state index >= 15 is 0 Å². The standard InChI is InChI=1S/C22H29ClN2O4S/c1-4-30-21-20(22(26)27)15(2)11-19(24-9-10-29-18(13-24)14-28-3)25(21)12-16-5-7-17(23)8-6-16/h5-8,11,18-19H,4,9-10,12-14H2,1-3H3,(H,26,27)/t18-,19?/m0/s1. The smallest absolute Gasteiger partial charge is 0.338 e. The van der Waals surface area contributed by atoms with E-state index in [9.17, 15) is 9.90 Å². The number of hydrogen-bond donors (Lipinski definition) is 1. The van der Waals surface area contributed by atoms with E-state index in [4.69, 9.17) is 21.1 Å². The number of benzene rings is 1. The van der Waals surface area contributed by atoms with Crippen molar-refractivity contribution in [3.63, 3.8) is 0 Å². The molecule has 0 saturated carbocycles. The van der Waals surface area contributed by atoms with Crippen LogP contribution in [0.3, 0.4) is 0 Å². The van der Waals surface area contributed by atoms with Gasteiger partial charge in [0.05, 0.1) is 29.9 Å². The number of nitrogens with zero attached hydrogens (tertiary/aromatic N) is 2. The molecule has 30 heavy (non-hydrogen) atoms. The van der Waals surface area contributed by atoms with E-state index in [1.54, 1.807) is 18.9 Å². The average Bonchev–Trinajstić information content (AvgIpc) is 2.71. The summed E-state index contributed by atoms with van der Waals surface area (Å²) in [4.78, 5) is 16.7. The molecule has 2 atom stereocenters. The minimum atomic E-state index is -0.890. The lowest BCUT2D eigenvalue weighted by molar-refractivity contribution is -0.132. The maximum absolute atomic E-state index is 12.1. The number of morpholine rings is 1. The molecule has 1 saturated heterocycles. The zero-order chi connectivity index (χ0) is 21.7. The van der Waals surface area contributed by atoms with Crippen LogP contribution in [0.1, 0.15) is 19.4 Å². The lowest BCUT2D eigenvalue weighted by atomic mass is 10.0. The Labute approximate surface area is 187 Å². The molecule has 1 fully saturated rings. The summed E-state index contributed by atoms with van der Waals surface area (Å²) in [5, 5.41) is 11.4. The number of carboxylic acids is 1. The van der Waals surface area contributed by atoms with Crippen molar-refractivity contribution in [1.29, 1.82) is 0 Å². The Morgan fingerprint density at radius 1 is 1.37 bits per heavy atom. The van der Waals surface area contributed by atoms with Crippen molar-refractivity contribution in [2.75, 3.05) is 39.2 Å². The minimum absolute atomic E-state index is 0.00182. The Kier molecular flexibility index (Phi) is 8.25. The van der Waals surface area contributed by atoms with Crippen LogP contribution in [0.4, 0.5) is 0 Å². The Bertz CT molecular complexity index is 810. The van der Waals surface area contributed by atoms with E-state index < -0.39 is 5.97 Å². The number of halogens is 1. The summed E-state index contributed by atoms with van der Waals surface area (Å²) < 4.78 is 11.1. The van der Waals surface area contributed by atoms with Crippen molar-refractivity contribution in [1.82, 2.24) is 9.80 Å². The van der Waals surface area contributed by atoms with Gasteiger partial charge in [-0.25, -0.2) is 4.79 Å². The van der Waals surface area contributed by atoms with Crippen LogP contribution in [0, 0.1) is 0 Å². The predicted octanol–water partition coefficient (Wildman–Crippen LogP) is 3.82. The highest BCUT2D eigenvalue weighted by Gasteiger charge is 2.36. The van der Waals surface area contributed by atoms with Crippen LogP contribution in [0.15, 0.2) is 46.5 Å². The van der Waals surface area contributed by atoms with Gasteiger partial charge < -0.3 is 19.5 Å². The highest BCUT2D eigenvalue weighted by Crippen LogP contribution is 2.37. The first kappa shape index (κ1) is 23.2. The molecule has 2 heterocycles. The Balaban J connectivity index is 1.98. The van der Waals surface area contributed by atoms with Gasteiger partial charge in [-0.2, -0.15) is 0 Å². The van der Waals surface area contributed by atoms with Crippen LogP contribution < -0.4 is 0 Å². The molecule has 164 valence electrons. The number of rotatable bonds is 8. The van der Waals surface area contributed by atoms with Gasteiger partial charge in [-0.15, -0.1) is 11.8 Å². The molecule has 0 bridgehead atoms. The summed E-state index contributed by atoms with van der Waals surface area (Å²) in [5.41, 5.74) is 2.26. The van der Waals surface area contributed by atoms with Crippen molar-refractivity contribution >= 4 is 29.3 Å². The van der Waals surface area contributed by atoms with Crippen LogP contribution >= 0.6 is 23.4 Å². The number of methoxy groups -OCH3 is 1. The van der Waals surface area contributed by atoms with Crippen molar-refractivity contribution in [3.05, 3.63) is 57.1 Å². The molecule has 0 amide bonds. The van der Waals surface area contributed by atoms with Gasteiger partial charge in [-0.1, -0.05) is 30.7 Å². The molecule has 8 heteroatoms. The van der Waals surface area contributed by atoms with Crippen LogP contribution in [-0.2, 0) is 20.8 Å². The van der Waals surface area contributed by atoms with E-state index in [0.29, 0.717) is 30.4 Å². The third-order valence-corrected chi connectivity index (χ3v) is 6.50. The minimum Gasteiger partial charge on any atom is -0.478 e. The number of carbonyl (C=O) groups is 1. The number of ether oxygens (including phenoxy) is 2. The molecule has 6 nitrogen and oxygen atoms in total. The average molecular weight is 453 g/mol. The molecule has 0 aliphatic carbocycles. The van der Waals surface area contributed by atoms with Gasteiger partial charge in [0.15, 0.2) is 0 Å². The fourth-order valence-corrected chi connectivity index (χ4v) is 5.04. The lowest BCUT2D eigenvalue weighted by Gasteiger charge is -2.46. The van der Waals surface area contributed by atoms with Crippen LogP contribution in [0.5, 0.6) is 0 Å². The van der Waals surface area contributed by atoms with Gasteiger partial charge in [0.25, 0.3) is 0 Å². The van der Waals surface area contributed by atoms with E-state index in [0.717, 1.165) is 35.0 Å². The molecule has 0 spiro atoms. The first-order chi connectivity index (χ1) is 14.4. The number of thioether (sulfide) groups is 1. The fraction of sp³-hybridized carbons (Fsp3) is 0.500. The van der Waals surface area contributed by atoms with Gasteiger partial charge in [-0.05, 0) is 42.0 Å². The van der Waals surface area contributed by atoms with E-state index in [1.165, 1.54) is 0 Å². The molecule has 0 radical (unpaired) electrons. The molecule has 0 aromatic heterocycles. The Morgan fingerprint density at radius 2 is 2.10 bits per heavy atom. The van der Waals surface area contributed by atoms with Crippen LogP contribution in [0.2, 0.25) is 5.02 Å². The number of carboxylic acid groups (broad SMARTS) is 1. The summed E-state index contributed by atoms with van der Waals surface area (Å²) in [7, 11) is 1.68. The zero-order valence-electron chi connectivity index (χ0n) is 17.6. The van der Waals surface area contributed by atoms with E-state index in [2.05, 4.69) is 15.9 Å². The third kappa shape index (κ3) is 5.39. The summed E-state index contributed by atoms with van der Waals surface area (Å²) in [6.45, 7) is 7.19. The second-order valence-electron chi connectivity index (χ2n) is 7.38. The fourth-order valence-electron chi connectivity index (χ4n) is 3.90. The molecule has 1 N–H and O–H groups in total. The number of hydrogen-bond acceptors (Lipinski definition) is 6. The zero-order valence-corrected chi connectivity index (χ0v) is 19.2. The SMILES string of the molecule is CCSC1=C(C(=O)O)C(C)=CC(N2CCO[C@H](COC)C2)N1Cc1ccc(Cl)cc1. The molecule has 1 aromatic rings. The van der Waals surface area contributed by atoms with Crippen LogP contribution in [0.25, 0.3) is 0 Å². The largest absolute Gasteiger partial charge is 0.478 e. The molecule has 2 aliphatic heterocycles. The van der Waals surface area contributed by atoms with Gasteiger partial charge in [0.1, 0.15) is 6.17 Å². The molecule has 2 aliphatic rings. The van der Waals surface area contributed by atoms with Crippen molar-refractivity contribution < 1.29 is 19.4 Å². The quantitative estimate of drug-likeness (QED) is 0.643. The second-order valence-corrected chi connectivity index (χ2v) is 9.07. The topological polar surface area (TPSA) is 62.2 Å². The van der Waals surface area contributed by atoms with Crippen molar-refractivity contribution in [2.24, 2.45) is 0 Å². The predicted molar refractivity (Wildman–Crippen MR) is 121 cm³/mol. The number of aliphatic carboxylic acids is 1. The van der Waals surface area contributed by atoms with Gasteiger partial charge >= 0.3 is 5.97 Å². The molecule has 1 unspecified atom stereocenters.